The second-order valence-electron chi connectivity index (χ2n) is 3.94. The van der Waals surface area contributed by atoms with Crippen LogP contribution < -0.4 is 5.73 Å². The Morgan fingerprint density at radius 3 is 2.72 bits per heavy atom. The van der Waals surface area contributed by atoms with Crippen molar-refractivity contribution in [2.75, 3.05) is 12.3 Å². The molecule has 6 N–H and O–H groups in total. The van der Waals surface area contributed by atoms with Gasteiger partial charge in [0.05, 0.1) is 0 Å². The molecule has 0 spiro atoms. The van der Waals surface area contributed by atoms with E-state index in [1.54, 1.807) is 0 Å². The van der Waals surface area contributed by atoms with Gasteiger partial charge < -0.3 is 0 Å². The molecule has 0 aromatic carbocycles. The zero-order valence-electron chi connectivity index (χ0n) is 9.22. The maximum absolute atomic E-state index is 9.87. The molecule has 18 heavy (non-hydrogen) atoms. The van der Waals surface area contributed by atoms with Crippen LogP contribution in [0, 0.1) is 5.41 Å². The van der Waals surface area contributed by atoms with Crippen LogP contribution in [-0.4, -0.2) is 70.4 Å². The zero-order valence-corrected chi connectivity index (χ0v) is 10.9. The van der Waals surface area contributed by atoms with Crippen LogP contribution in [0.2, 0.25) is 0 Å². The minimum atomic E-state index is -1.23. The van der Waals surface area contributed by atoms with Crippen LogP contribution in [-0.2, 0) is 4.74 Å². The summed E-state index contributed by atoms with van der Waals surface area (Å²) < 4.78 is 6.74. The third-order valence-corrected chi connectivity index (χ3v) is 3.23. The van der Waals surface area contributed by atoms with Crippen LogP contribution in [0.5, 0.6) is 0 Å². The van der Waals surface area contributed by atoms with E-state index in [1.807, 2.05) is 0 Å². The van der Waals surface area contributed by atoms with Crippen molar-refractivity contribution >= 4 is 26.4 Å². The first-order chi connectivity index (χ1) is 8.47. The quantitative estimate of drug-likeness (QED) is 0.310. The molecule has 4 atom stereocenters. The number of ether oxygens (including phenoxy) is 1. The van der Waals surface area contributed by atoms with Crippen molar-refractivity contribution in [1.29, 1.82) is 5.41 Å². The Bertz CT molecular complexity index is 465. The fourth-order valence-corrected chi connectivity index (χ4v) is 2.35. The Balaban J connectivity index is 2.36. The van der Waals surface area contributed by atoms with Gasteiger partial charge in [0.15, 0.2) is 0 Å². The van der Waals surface area contributed by atoms with E-state index in [4.69, 9.17) is 21.0 Å². The van der Waals surface area contributed by atoms with Crippen molar-refractivity contribution in [2.24, 2.45) is 0 Å². The van der Waals surface area contributed by atoms with E-state index in [2.05, 4.69) is 21.0 Å². The molecule has 1 aromatic rings. The molecule has 0 saturated carbocycles. The minimum absolute atomic E-state index is 0.0442. The SMILES string of the molecule is N=C([Se])c1c(N)ncn1[C@@H]1O[C@H](CO)[C@@H](O)[C@H]1O. The van der Waals surface area contributed by atoms with Gasteiger partial charge in [-0.3, -0.25) is 0 Å². The first kappa shape index (κ1) is 13.5. The zero-order chi connectivity index (χ0) is 13.4. The number of nitrogen functional groups attached to an aromatic ring is 1. The van der Waals surface area contributed by atoms with Crippen molar-refractivity contribution in [1.82, 2.24) is 9.55 Å². The fourth-order valence-electron chi connectivity index (χ4n) is 1.91. The van der Waals surface area contributed by atoms with Gasteiger partial charge in [0, 0.05) is 0 Å². The summed E-state index contributed by atoms with van der Waals surface area (Å²) in [6, 6.07) is 0. The summed E-state index contributed by atoms with van der Waals surface area (Å²) in [5.41, 5.74) is 5.88. The first-order valence-electron chi connectivity index (χ1n) is 5.18. The molecule has 1 saturated heterocycles. The van der Waals surface area contributed by atoms with Crippen LogP contribution in [0.4, 0.5) is 5.82 Å². The first-order valence-corrected chi connectivity index (χ1v) is 6.03. The number of imidazole rings is 1. The standard InChI is InChI=1S/C9H13N4O4Se/c10-7-4(8(11)18)13(2-12-7)9-6(16)5(15)3(1-14)17-9/h2-3,5-6,9,11,14-16H,1,10H2/t3-,5-,6-,9-/m1/s1. The van der Waals surface area contributed by atoms with E-state index < -0.39 is 31.1 Å². The van der Waals surface area contributed by atoms with Gasteiger partial charge in [-0.1, -0.05) is 0 Å². The molecule has 2 heterocycles. The molecular formula is C9H13N4O4Se. The number of nitrogens with two attached hydrogens (primary N) is 1. The number of rotatable bonds is 3. The van der Waals surface area contributed by atoms with E-state index >= 15 is 0 Å². The maximum atomic E-state index is 9.87. The van der Waals surface area contributed by atoms with E-state index in [9.17, 15) is 10.2 Å². The molecule has 2 rings (SSSR count). The molecule has 1 radical (unpaired) electrons. The summed E-state index contributed by atoms with van der Waals surface area (Å²) in [5, 5.41) is 36.1. The Hall–Kier alpha value is -0.961. The second kappa shape index (κ2) is 4.96. The van der Waals surface area contributed by atoms with Crippen molar-refractivity contribution in [3.63, 3.8) is 0 Å². The van der Waals surface area contributed by atoms with Gasteiger partial charge in [-0.15, -0.1) is 0 Å². The summed E-state index contributed by atoms with van der Waals surface area (Å²) in [4.78, 5) is 3.84. The summed E-state index contributed by atoms with van der Waals surface area (Å²) in [7, 11) is 0. The molecule has 0 aliphatic carbocycles. The van der Waals surface area contributed by atoms with Gasteiger partial charge in [-0.2, -0.15) is 0 Å². The topological polar surface area (TPSA) is 138 Å². The van der Waals surface area contributed by atoms with Crippen LogP contribution in [0.1, 0.15) is 11.9 Å². The predicted molar refractivity (Wildman–Crippen MR) is 62.2 cm³/mol. The molecule has 99 valence electrons. The molecule has 1 aliphatic heterocycles. The number of nitrogens with one attached hydrogen (secondary N) is 1. The third kappa shape index (κ3) is 2.05. The summed E-state index contributed by atoms with van der Waals surface area (Å²) >= 11 is 2.49. The average molecular weight is 320 g/mol. The monoisotopic (exact) mass is 321 g/mol. The number of hydrogen-bond donors (Lipinski definition) is 5. The number of aliphatic hydroxyl groups is 3. The van der Waals surface area contributed by atoms with E-state index in [0.717, 1.165) is 0 Å². The van der Waals surface area contributed by atoms with Crippen LogP contribution in [0.25, 0.3) is 0 Å². The van der Waals surface area contributed by atoms with Crippen molar-refractivity contribution in [3.05, 3.63) is 12.0 Å². The number of hydrogen-bond acceptors (Lipinski definition) is 7. The van der Waals surface area contributed by atoms with Crippen LogP contribution >= 0.6 is 0 Å². The molecule has 1 aromatic heterocycles. The van der Waals surface area contributed by atoms with Crippen molar-refractivity contribution in [3.8, 4) is 0 Å². The Kier molecular flexibility index (Phi) is 3.71. The fraction of sp³-hybridized carbons (Fsp3) is 0.556. The Morgan fingerprint density at radius 1 is 1.56 bits per heavy atom. The van der Waals surface area contributed by atoms with Gasteiger partial charge in [0.25, 0.3) is 0 Å². The summed E-state index contributed by atoms with van der Waals surface area (Å²) in [5.74, 6) is 0.122. The molecule has 0 unspecified atom stereocenters. The van der Waals surface area contributed by atoms with Gasteiger partial charge in [0.2, 0.25) is 0 Å². The molecular weight excluding hydrogens is 307 g/mol. The molecule has 0 amide bonds. The van der Waals surface area contributed by atoms with E-state index in [1.165, 1.54) is 10.9 Å². The van der Waals surface area contributed by atoms with Gasteiger partial charge in [0.1, 0.15) is 0 Å². The van der Waals surface area contributed by atoms with Crippen LogP contribution in [0.15, 0.2) is 6.33 Å². The molecule has 1 aliphatic rings. The predicted octanol–water partition coefficient (Wildman–Crippen LogP) is -2.43. The van der Waals surface area contributed by atoms with Gasteiger partial charge >= 0.3 is 110 Å². The van der Waals surface area contributed by atoms with E-state index in [-0.39, 0.29) is 16.1 Å². The normalized spacial score (nSPS) is 31.7. The summed E-state index contributed by atoms with van der Waals surface area (Å²) in [6.07, 6.45) is -2.93. The average Bonchev–Trinajstić information content (AvgIpc) is 2.82. The number of anilines is 1. The van der Waals surface area contributed by atoms with Crippen LogP contribution in [0.3, 0.4) is 0 Å². The van der Waals surface area contributed by atoms with Crippen molar-refractivity contribution < 1.29 is 20.1 Å². The third-order valence-electron chi connectivity index (χ3n) is 2.83. The summed E-state index contributed by atoms with van der Waals surface area (Å²) in [6.45, 7) is -0.413. The number of aliphatic hydroxyl groups excluding tert-OH is 3. The van der Waals surface area contributed by atoms with Crippen molar-refractivity contribution in [2.45, 2.75) is 24.5 Å². The molecule has 1 fully saturated rings. The Labute approximate surface area is 111 Å². The van der Waals surface area contributed by atoms with E-state index in [0.29, 0.717) is 0 Å². The van der Waals surface area contributed by atoms with Gasteiger partial charge in [-0.05, 0) is 0 Å². The number of aromatic nitrogens is 2. The molecule has 8 nitrogen and oxygen atoms in total. The number of nitrogens with zero attached hydrogens (tertiary/aromatic N) is 2. The van der Waals surface area contributed by atoms with Gasteiger partial charge in [-0.25, -0.2) is 0 Å². The molecule has 9 heteroatoms. The Morgan fingerprint density at radius 2 is 2.22 bits per heavy atom. The second-order valence-corrected chi connectivity index (χ2v) is 4.80. The molecule has 0 bridgehead atoms.